The van der Waals surface area contributed by atoms with Gasteiger partial charge < -0.3 is 14.0 Å². The van der Waals surface area contributed by atoms with Gasteiger partial charge in [-0.25, -0.2) is 4.98 Å². The molecule has 0 fully saturated rings. The molecule has 0 aliphatic heterocycles. The van der Waals surface area contributed by atoms with Gasteiger partial charge in [0.1, 0.15) is 0 Å². The Labute approximate surface area is 222 Å². The Morgan fingerprint density at radius 2 is 1.39 bits per heavy atom. The summed E-state index contributed by atoms with van der Waals surface area (Å²) in [4.78, 5) is 4.10. The summed E-state index contributed by atoms with van der Waals surface area (Å²) in [5.41, 5.74) is 1.24. The number of benzene rings is 1. The third kappa shape index (κ3) is 15.5. The molecule has 0 aliphatic rings. The normalized spacial score (nSPS) is 13.3. The molecule has 0 spiro atoms. The Bertz CT molecular complexity index is 717. The van der Waals surface area contributed by atoms with Crippen LogP contribution in [0.5, 0.6) is 0 Å². The number of hydrogen-bond donors (Lipinski definition) is 0. The molecule has 4 heteroatoms. The van der Waals surface area contributed by atoms with E-state index in [1.54, 1.807) is 0 Å². The molecular formula is C32H54N2O2. The zero-order chi connectivity index (χ0) is 25.7. The SMILES string of the molecule is CC(C)C(C)CC(COCCCCCCCCCCCCCCn1ccnc1)OCc1ccccc1. The van der Waals surface area contributed by atoms with Crippen LogP contribution >= 0.6 is 0 Å². The van der Waals surface area contributed by atoms with Crippen molar-refractivity contribution in [3.63, 3.8) is 0 Å². The molecule has 2 aromatic rings. The third-order valence-corrected chi connectivity index (χ3v) is 7.42. The maximum atomic E-state index is 6.26. The molecule has 1 heterocycles. The molecule has 0 aliphatic carbocycles. The van der Waals surface area contributed by atoms with E-state index < -0.39 is 0 Å². The van der Waals surface area contributed by atoms with Crippen molar-refractivity contribution in [1.29, 1.82) is 0 Å². The Kier molecular flexibility index (Phi) is 17.3. The minimum absolute atomic E-state index is 0.180. The molecule has 2 rings (SSSR count). The molecule has 204 valence electrons. The molecule has 0 saturated carbocycles. The zero-order valence-electron chi connectivity index (χ0n) is 23.6. The van der Waals surface area contributed by atoms with Crippen molar-refractivity contribution in [3.8, 4) is 0 Å². The lowest BCUT2D eigenvalue weighted by Gasteiger charge is -2.24. The fourth-order valence-corrected chi connectivity index (χ4v) is 4.56. The van der Waals surface area contributed by atoms with Gasteiger partial charge in [0.25, 0.3) is 0 Å². The number of rotatable bonds is 23. The number of hydrogen-bond acceptors (Lipinski definition) is 3. The number of aromatic nitrogens is 2. The lowest BCUT2D eigenvalue weighted by Crippen LogP contribution is -2.24. The molecule has 0 saturated heterocycles. The van der Waals surface area contributed by atoms with E-state index in [0.717, 1.165) is 19.6 Å². The standard InChI is InChI=1S/C32H54N2O2/c1-29(2)30(3)25-32(36-26-31-19-15-14-16-20-31)27-35-24-18-13-11-9-7-5-4-6-8-10-12-17-22-34-23-21-33-28-34/h14-16,19-21,23,28-30,32H,4-13,17-18,22,24-27H2,1-3H3. The van der Waals surface area contributed by atoms with Crippen LogP contribution < -0.4 is 0 Å². The summed E-state index contributed by atoms with van der Waals surface area (Å²) in [6.07, 6.45) is 23.3. The van der Waals surface area contributed by atoms with Crippen LogP contribution in [-0.4, -0.2) is 28.9 Å². The topological polar surface area (TPSA) is 36.3 Å². The van der Waals surface area contributed by atoms with Crippen LogP contribution in [0.3, 0.4) is 0 Å². The first-order chi connectivity index (χ1) is 17.6. The van der Waals surface area contributed by atoms with Crippen LogP contribution in [-0.2, 0) is 22.6 Å². The highest BCUT2D eigenvalue weighted by Gasteiger charge is 2.17. The third-order valence-electron chi connectivity index (χ3n) is 7.42. The van der Waals surface area contributed by atoms with E-state index in [4.69, 9.17) is 9.47 Å². The minimum atomic E-state index is 0.180. The van der Waals surface area contributed by atoms with Gasteiger partial charge in [-0.05, 0) is 36.7 Å². The van der Waals surface area contributed by atoms with Gasteiger partial charge in [-0.15, -0.1) is 0 Å². The summed E-state index contributed by atoms with van der Waals surface area (Å²) < 4.78 is 14.5. The van der Waals surface area contributed by atoms with Gasteiger partial charge in [0.05, 0.1) is 25.6 Å². The maximum Gasteiger partial charge on any atom is 0.0945 e. The highest BCUT2D eigenvalue weighted by atomic mass is 16.5. The van der Waals surface area contributed by atoms with Crippen LogP contribution in [0.1, 0.15) is 110 Å². The number of unbranched alkanes of at least 4 members (excludes halogenated alkanes) is 11. The number of imidazole rings is 1. The van der Waals surface area contributed by atoms with Gasteiger partial charge in [0.2, 0.25) is 0 Å². The highest BCUT2D eigenvalue weighted by Crippen LogP contribution is 2.19. The predicted octanol–water partition coefficient (Wildman–Crippen LogP) is 8.85. The molecule has 0 radical (unpaired) electrons. The monoisotopic (exact) mass is 498 g/mol. The van der Waals surface area contributed by atoms with Crippen molar-refractivity contribution >= 4 is 0 Å². The van der Waals surface area contributed by atoms with Crippen molar-refractivity contribution in [2.45, 2.75) is 123 Å². The Morgan fingerprint density at radius 3 is 1.97 bits per heavy atom. The van der Waals surface area contributed by atoms with Gasteiger partial charge in [-0.1, -0.05) is 115 Å². The summed E-state index contributed by atoms with van der Waals surface area (Å²) in [6, 6.07) is 10.5. The summed E-state index contributed by atoms with van der Waals surface area (Å²) in [5.74, 6) is 1.31. The van der Waals surface area contributed by atoms with Crippen molar-refractivity contribution in [2.75, 3.05) is 13.2 Å². The van der Waals surface area contributed by atoms with E-state index in [1.807, 2.05) is 12.5 Å². The van der Waals surface area contributed by atoms with Crippen molar-refractivity contribution in [3.05, 3.63) is 54.6 Å². The molecule has 4 nitrogen and oxygen atoms in total. The maximum absolute atomic E-state index is 6.26. The van der Waals surface area contributed by atoms with Crippen LogP contribution in [0.15, 0.2) is 49.1 Å². The van der Waals surface area contributed by atoms with Gasteiger partial charge in [0.15, 0.2) is 0 Å². The van der Waals surface area contributed by atoms with Gasteiger partial charge >= 0.3 is 0 Å². The van der Waals surface area contributed by atoms with Crippen LogP contribution in [0.25, 0.3) is 0 Å². The average molecular weight is 499 g/mol. The number of ether oxygens (including phenoxy) is 2. The first kappa shape index (κ1) is 30.6. The summed E-state index contributed by atoms with van der Waals surface area (Å²) in [6.45, 7) is 10.3. The quantitative estimate of drug-likeness (QED) is 0.144. The van der Waals surface area contributed by atoms with Crippen molar-refractivity contribution in [1.82, 2.24) is 9.55 Å². The molecule has 0 N–H and O–H groups in total. The average Bonchev–Trinajstić information content (AvgIpc) is 3.41. The van der Waals surface area contributed by atoms with E-state index in [-0.39, 0.29) is 6.10 Å². The van der Waals surface area contributed by atoms with Crippen LogP contribution in [0, 0.1) is 11.8 Å². The molecule has 1 aromatic carbocycles. The fraction of sp³-hybridized carbons (Fsp3) is 0.719. The lowest BCUT2D eigenvalue weighted by atomic mass is 9.92. The summed E-state index contributed by atoms with van der Waals surface area (Å²) >= 11 is 0. The summed E-state index contributed by atoms with van der Waals surface area (Å²) in [5, 5.41) is 0. The predicted molar refractivity (Wildman–Crippen MR) is 152 cm³/mol. The van der Waals surface area contributed by atoms with E-state index in [2.05, 4.69) is 66.9 Å². The highest BCUT2D eigenvalue weighted by molar-refractivity contribution is 5.13. The summed E-state index contributed by atoms with van der Waals surface area (Å²) in [7, 11) is 0. The van der Waals surface area contributed by atoms with Gasteiger partial charge in [-0.3, -0.25) is 0 Å². The largest absolute Gasteiger partial charge is 0.379 e. The van der Waals surface area contributed by atoms with E-state index in [0.29, 0.717) is 25.0 Å². The number of nitrogens with zero attached hydrogens (tertiary/aromatic N) is 2. The van der Waals surface area contributed by atoms with Crippen LogP contribution in [0.2, 0.25) is 0 Å². The molecule has 1 aromatic heterocycles. The molecule has 2 unspecified atom stereocenters. The fourth-order valence-electron chi connectivity index (χ4n) is 4.56. The Morgan fingerprint density at radius 1 is 0.778 bits per heavy atom. The lowest BCUT2D eigenvalue weighted by molar-refractivity contribution is -0.0381. The molecule has 2 atom stereocenters. The van der Waals surface area contributed by atoms with Crippen molar-refractivity contribution in [2.24, 2.45) is 11.8 Å². The minimum Gasteiger partial charge on any atom is -0.379 e. The second-order valence-corrected chi connectivity index (χ2v) is 11.0. The van der Waals surface area contributed by atoms with E-state index >= 15 is 0 Å². The Hall–Kier alpha value is -1.65. The van der Waals surface area contributed by atoms with E-state index in [1.165, 1.54) is 82.6 Å². The molecular weight excluding hydrogens is 444 g/mol. The smallest absolute Gasteiger partial charge is 0.0945 e. The van der Waals surface area contributed by atoms with Gasteiger partial charge in [-0.2, -0.15) is 0 Å². The van der Waals surface area contributed by atoms with Gasteiger partial charge in [0, 0.05) is 25.5 Å². The second-order valence-electron chi connectivity index (χ2n) is 11.0. The van der Waals surface area contributed by atoms with E-state index in [9.17, 15) is 0 Å². The zero-order valence-corrected chi connectivity index (χ0v) is 23.6. The molecule has 36 heavy (non-hydrogen) atoms. The first-order valence-corrected chi connectivity index (χ1v) is 14.8. The van der Waals surface area contributed by atoms with Crippen LogP contribution in [0.4, 0.5) is 0 Å². The molecule has 0 bridgehead atoms. The first-order valence-electron chi connectivity index (χ1n) is 14.8. The number of aryl methyl sites for hydroxylation is 1. The second kappa shape index (κ2) is 20.4. The Balaban J connectivity index is 1.39. The molecule has 0 amide bonds. The van der Waals surface area contributed by atoms with Crippen molar-refractivity contribution < 1.29 is 9.47 Å².